The Morgan fingerprint density at radius 1 is 1.05 bits per heavy atom. The third kappa shape index (κ3) is 6.68. The van der Waals surface area contributed by atoms with Gasteiger partial charge in [-0.3, -0.25) is 9.97 Å². The number of rotatable bonds is 12. The second-order valence-electron chi connectivity index (χ2n) is 9.53. The van der Waals surface area contributed by atoms with Crippen molar-refractivity contribution >= 4 is 68.4 Å². The van der Waals surface area contributed by atoms with Crippen molar-refractivity contribution < 1.29 is 14.0 Å². The summed E-state index contributed by atoms with van der Waals surface area (Å²) in [6.45, 7) is 6.87. The van der Waals surface area contributed by atoms with Gasteiger partial charge in [-0.1, -0.05) is 6.92 Å². The number of methoxy groups -OCH3 is 2. The van der Waals surface area contributed by atoms with Gasteiger partial charge >= 0.3 is 0 Å². The molecule has 3 heterocycles. The molecule has 13 heteroatoms. The number of nitrogens with zero attached hydrogens (tertiary/aromatic N) is 6. The minimum absolute atomic E-state index is 0.365. The van der Waals surface area contributed by atoms with Crippen LogP contribution < -0.4 is 25.6 Å². The highest BCUT2D eigenvalue weighted by Crippen LogP contribution is 2.41. The second-order valence-corrected chi connectivity index (χ2v) is 13.5. The summed E-state index contributed by atoms with van der Waals surface area (Å²) < 4.78 is 24.8. The van der Waals surface area contributed by atoms with Crippen molar-refractivity contribution in [3.63, 3.8) is 0 Å². The quantitative estimate of drug-likeness (QED) is 0.155. The van der Waals surface area contributed by atoms with Crippen molar-refractivity contribution in [1.82, 2.24) is 24.9 Å². The molecular weight excluding hydrogens is 595 g/mol. The molecule has 0 radical (unpaired) electrons. The van der Waals surface area contributed by atoms with E-state index in [1.54, 1.807) is 46.1 Å². The van der Waals surface area contributed by atoms with Crippen molar-refractivity contribution in [3.8, 4) is 5.88 Å². The van der Waals surface area contributed by atoms with E-state index >= 15 is 0 Å². The maximum absolute atomic E-state index is 13.3. The third-order valence-electron chi connectivity index (χ3n) is 6.22. The molecule has 0 saturated carbocycles. The predicted molar refractivity (Wildman–Crippen MR) is 165 cm³/mol. The highest BCUT2D eigenvalue weighted by atomic mass is 79.9. The molecular formula is C27H34BrN8O3P. The van der Waals surface area contributed by atoms with Gasteiger partial charge in [-0.15, -0.1) is 0 Å². The van der Waals surface area contributed by atoms with Gasteiger partial charge < -0.3 is 29.6 Å². The maximum atomic E-state index is 13.3. The minimum Gasteiger partial charge on any atom is -0.481 e. The van der Waals surface area contributed by atoms with Crippen molar-refractivity contribution in [3.05, 3.63) is 46.8 Å². The predicted octanol–water partition coefficient (Wildman–Crippen LogP) is 5.36. The number of fused-ring (bicyclic) bond motifs is 1. The fourth-order valence-corrected chi connectivity index (χ4v) is 6.01. The van der Waals surface area contributed by atoms with Gasteiger partial charge in [0.25, 0.3) is 0 Å². The van der Waals surface area contributed by atoms with Gasteiger partial charge in [0.1, 0.15) is 18.5 Å². The number of anilines is 5. The van der Waals surface area contributed by atoms with Crippen molar-refractivity contribution in [2.24, 2.45) is 0 Å². The highest BCUT2D eigenvalue weighted by Gasteiger charge is 2.23. The molecule has 0 aliphatic heterocycles. The first-order valence-electron chi connectivity index (χ1n) is 12.8. The lowest BCUT2D eigenvalue weighted by atomic mass is 10.2. The molecule has 1 aromatic carbocycles. The molecule has 2 N–H and O–H groups in total. The fourth-order valence-electron chi connectivity index (χ4n) is 4.32. The molecule has 0 bridgehead atoms. The summed E-state index contributed by atoms with van der Waals surface area (Å²) in [5.41, 5.74) is 3.63. The van der Waals surface area contributed by atoms with E-state index < -0.39 is 7.14 Å². The summed E-state index contributed by atoms with van der Waals surface area (Å²) in [7, 11) is 2.55. The summed E-state index contributed by atoms with van der Waals surface area (Å²) in [5.74, 6) is 2.16. The number of aromatic nitrogens is 5. The zero-order valence-electron chi connectivity index (χ0n) is 23.5. The van der Waals surface area contributed by atoms with Gasteiger partial charge in [-0.2, -0.15) is 9.97 Å². The summed E-state index contributed by atoms with van der Waals surface area (Å²) in [4.78, 5) is 24.9. The van der Waals surface area contributed by atoms with E-state index in [-0.39, 0.29) is 0 Å². The van der Waals surface area contributed by atoms with Crippen LogP contribution in [0.2, 0.25) is 0 Å². The zero-order valence-corrected chi connectivity index (χ0v) is 26.0. The van der Waals surface area contributed by atoms with E-state index in [9.17, 15) is 4.57 Å². The van der Waals surface area contributed by atoms with Crippen LogP contribution in [0, 0.1) is 0 Å². The average Bonchev–Trinajstić information content (AvgIpc) is 2.93. The number of nitrogens with one attached hydrogen (secondary N) is 2. The first-order valence-corrected chi connectivity index (χ1v) is 16.2. The van der Waals surface area contributed by atoms with Crippen LogP contribution in [0.4, 0.5) is 29.0 Å². The topological polar surface area (TPSA) is 127 Å². The number of aryl methyl sites for hydroxylation is 1. The average molecular weight is 630 g/mol. The molecule has 0 amide bonds. The molecule has 0 fully saturated rings. The van der Waals surface area contributed by atoms with Crippen LogP contribution >= 0.6 is 23.1 Å². The lowest BCUT2D eigenvalue weighted by Gasteiger charge is -2.23. The Labute approximate surface area is 242 Å². The van der Waals surface area contributed by atoms with E-state index in [1.807, 2.05) is 30.1 Å². The number of pyridine rings is 1. The molecule has 0 aliphatic carbocycles. The lowest BCUT2D eigenvalue weighted by molar-refractivity contribution is 0.196. The summed E-state index contributed by atoms with van der Waals surface area (Å²) in [6.07, 6.45) is 6.47. The summed E-state index contributed by atoms with van der Waals surface area (Å²) in [6, 6.07) is 5.71. The summed E-state index contributed by atoms with van der Waals surface area (Å²) in [5, 5.41) is 7.30. The Bertz CT molecular complexity index is 1550. The third-order valence-corrected chi connectivity index (χ3v) is 8.33. The van der Waals surface area contributed by atoms with E-state index in [2.05, 4.69) is 48.4 Å². The van der Waals surface area contributed by atoms with Gasteiger partial charge in [0, 0.05) is 51.5 Å². The van der Waals surface area contributed by atoms with Crippen LogP contribution in [0.25, 0.3) is 11.0 Å². The fraction of sp³-hybridized carbons (Fsp3) is 0.370. The van der Waals surface area contributed by atoms with E-state index in [4.69, 9.17) is 19.4 Å². The van der Waals surface area contributed by atoms with Gasteiger partial charge in [0.2, 0.25) is 11.8 Å². The highest BCUT2D eigenvalue weighted by molar-refractivity contribution is 9.10. The van der Waals surface area contributed by atoms with Gasteiger partial charge in [-0.05, 0) is 60.3 Å². The van der Waals surface area contributed by atoms with Crippen molar-refractivity contribution in [2.75, 3.05) is 63.3 Å². The van der Waals surface area contributed by atoms with Gasteiger partial charge in [0.05, 0.1) is 33.8 Å². The first kappa shape index (κ1) is 29.6. The largest absolute Gasteiger partial charge is 0.481 e. The molecule has 0 unspecified atom stereocenters. The van der Waals surface area contributed by atoms with Crippen LogP contribution in [0.5, 0.6) is 5.88 Å². The number of ether oxygens (including phenoxy) is 2. The molecule has 0 aliphatic rings. The minimum atomic E-state index is -2.74. The van der Waals surface area contributed by atoms with Crippen molar-refractivity contribution in [2.45, 2.75) is 19.8 Å². The smallest absolute Gasteiger partial charge is 0.229 e. The molecule has 40 heavy (non-hydrogen) atoms. The van der Waals surface area contributed by atoms with Crippen LogP contribution in [-0.2, 0) is 15.7 Å². The Morgan fingerprint density at radius 3 is 2.52 bits per heavy atom. The molecule has 0 saturated heterocycles. The van der Waals surface area contributed by atoms with Crippen LogP contribution in [0.15, 0.2) is 41.3 Å². The number of hydrogen-bond acceptors (Lipinski definition) is 11. The van der Waals surface area contributed by atoms with Gasteiger partial charge in [-0.25, -0.2) is 4.98 Å². The standard InChI is InChI=1S/C27H34BrN8O3P/c1-7-17-15-21(25(35-26(17)39-4)36(2)13-8-14-38-3)33-27-31-16-18(28)24(34-27)32-20-10-9-19-22(30-12-11-29-19)23(20)40(5,6)37/h9-12,15-16H,7-8,13-14H2,1-6H3,(H2,31,32,33,34). The monoisotopic (exact) mass is 628 g/mol. The Morgan fingerprint density at radius 2 is 1.82 bits per heavy atom. The Kier molecular flexibility index (Phi) is 9.55. The van der Waals surface area contributed by atoms with Crippen LogP contribution in [0.3, 0.4) is 0 Å². The molecule has 0 atom stereocenters. The normalized spacial score (nSPS) is 11.5. The summed E-state index contributed by atoms with van der Waals surface area (Å²) >= 11 is 3.55. The van der Waals surface area contributed by atoms with E-state index in [0.717, 1.165) is 30.6 Å². The molecule has 4 rings (SSSR count). The second kappa shape index (κ2) is 12.9. The molecule has 4 aromatic rings. The first-order chi connectivity index (χ1) is 19.2. The van der Waals surface area contributed by atoms with Crippen molar-refractivity contribution in [1.29, 1.82) is 0 Å². The van der Waals surface area contributed by atoms with Crippen LogP contribution in [-0.4, -0.2) is 72.7 Å². The Hall–Kier alpha value is -3.34. The van der Waals surface area contributed by atoms with Crippen LogP contribution in [0.1, 0.15) is 18.9 Å². The Balaban J connectivity index is 1.72. The molecule has 3 aromatic heterocycles. The lowest BCUT2D eigenvalue weighted by Crippen LogP contribution is -2.22. The zero-order chi connectivity index (χ0) is 28.9. The molecule has 0 spiro atoms. The molecule has 11 nitrogen and oxygen atoms in total. The number of hydrogen-bond donors (Lipinski definition) is 2. The maximum Gasteiger partial charge on any atom is 0.229 e. The SMILES string of the molecule is CCc1cc(Nc2ncc(Br)c(Nc3ccc4nccnc4c3P(C)(C)=O)n2)c(N(C)CCCOC)nc1OC. The van der Waals surface area contributed by atoms with E-state index in [0.29, 0.717) is 56.6 Å². The van der Waals surface area contributed by atoms with E-state index in [1.165, 1.54) is 0 Å². The van der Waals surface area contributed by atoms with Gasteiger partial charge in [0.15, 0.2) is 5.82 Å². The number of halogens is 1. The number of benzene rings is 1. The molecule has 212 valence electrons.